The van der Waals surface area contributed by atoms with E-state index in [1.54, 1.807) is 13.0 Å². The van der Waals surface area contributed by atoms with Crippen LogP contribution in [0.5, 0.6) is 0 Å². The number of ketones is 1. The number of Topliss-reactive ketones (excluding diaryl/α,β-unsaturated/α-hetero) is 1. The SMILES string of the molecule is Cc1ccc(-n2c(C)cc(C(=O)C(=O)O)c2C)c(C)c1. The lowest BCUT2D eigenvalue weighted by molar-refractivity contribution is -0.131. The lowest BCUT2D eigenvalue weighted by Crippen LogP contribution is -2.13. The van der Waals surface area contributed by atoms with Crippen LogP contribution >= 0.6 is 0 Å². The largest absolute Gasteiger partial charge is 0.475 e. The number of carbonyl (C=O) groups excluding carboxylic acids is 1. The van der Waals surface area contributed by atoms with Gasteiger partial charge in [0, 0.05) is 17.1 Å². The van der Waals surface area contributed by atoms with Crippen LogP contribution in [0, 0.1) is 27.7 Å². The van der Waals surface area contributed by atoms with Crippen LogP contribution in [0.25, 0.3) is 5.69 Å². The monoisotopic (exact) mass is 271 g/mol. The smallest absolute Gasteiger partial charge is 0.377 e. The summed E-state index contributed by atoms with van der Waals surface area (Å²) in [6.07, 6.45) is 0. The topological polar surface area (TPSA) is 59.3 Å². The lowest BCUT2D eigenvalue weighted by atomic mass is 10.1. The normalized spacial score (nSPS) is 10.6. The fourth-order valence-corrected chi connectivity index (χ4v) is 2.53. The highest BCUT2D eigenvalue weighted by Crippen LogP contribution is 2.24. The van der Waals surface area contributed by atoms with Crippen molar-refractivity contribution in [1.82, 2.24) is 4.57 Å². The van der Waals surface area contributed by atoms with E-state index in [4.69, 9.17) is 5.11 Å². The van der Waals surface area contributed by atoms with Crippen molar-refractivity contribution in [2.45, 2.75) is 27.7 Å². The number of hydrogen-bond acceptors (Lipinski definition) is 2. The molecule has 2 aromatic rings. The Hall–Kier alpha value is -2.36. The van der Waals surface area contributed by atoms with E-state index in [0.717, 1.165) is 22.5 Å². The van der Waals surface area contributed by atoms with E-state index in [2.05, 4.69) is 6.07 Å². The fourth-order valence-electron chi connectivity index (χ4n) is 2.53. The Morgan fingerprint density at radius 3 is 2.25 bits per heavy atom. The average molecular weight is 271 g/mol. The predicted molar refractivity (Wildman–Crippen MR) is 76.7 cm³/mol. The first-order valence-corrected chi connectivity index (χ1v) is 6.37. The maximum absolute atomic E-state index is 11.7. The number of carboxylic acids is 1. The number of aryl methyl sites for hydroxylation is 3. The van der Waals surface area contributed by atoms with Crippen molar-refractivity contribution in [1.29, 1.82) is 0 Å². The van der Waals surface area contributed by atoms with E-state index >= 15 is 0 Å². The van der Waals surface area contributed by atoms with Gasteiger partial charge in [0.05, 0.1) is 5.56 Å². The van der Waals surface area contributed by atoms with Gasteiger partial charge >= 0.3 is 5.97 Å². The standard InChI is InChI=1S/C16H17NO3/c1-9-5-6-14(10(2)7-9)17-11(3)8-13(12(17)4)15(18)16(19)20/h5-8H,1-4H3,(H,19,20). The second-order valence-corrected chi connectivity index (χ2v) is 5.04. The van der Waals surface area contributed by atoms with Gasteiger partial charge in [-0.1, -0.05) is 17.7 Å². The van der Waals surface area contributed by atoms with Crippen molar-refractivity contribution in [2.24, 2.45) is 0 Å². The minimum Gasteiger partial charge on any atom is -0.475 e. The summed E-state index contributed by atoms with van der Waals surface area (Å²) >= 11 is 0. The van der Waals surface area contributed by atoms with E-state index in [1.165, 1.54) is 0 Å². The predicted octanol–water partition coefficient (Wildman–Crippen LogP) is 2.98. The third kappa shape index (κ3) is 2.25. The van der Waals surface area contributed by atoms with Crippen LogP contribution in [0.3, 0.4) is 0 Å². The molecule has 0 aliphatic rings. The van der Waals surface area contributed by atoms with E-state index in [1.807, 2.05) is 37.5 Å². The van der Waals surface area contributed by atoms with Gasteiger partial charge in [0.25, 0.3) is 5.78 Å². The Labute approximate surface area is 117 Å². The highest BCUT2D eigenvalue weighted by molar-refractivity contribution is 6.40. The second kappa shape index (κ2) is 4.96. The van der Waals surface area contributed by atoms with Gasteiger partial charge < -0.3 is 9.67 Å². The number of benzene rings is 1. The second-order valence-electron chi connectivity index (χ2n) is 5.04. The summed E-state index contributed by atoms with van der Waals surface area (Å²) < 4.78 is 1.92. The molecule has 2 rings (SSSR count). The summed E-state index contributed by atoms with van der Waals surface area (Å²) in [7, 11) is 0. The van der Waals surface area contributed by atoms with E-state index in [9.17, 15) is 9.59 Å². The van der Waals surface area contributed by atoms with Crippen LogP contribution in [0.4, 0.5) is 0 Å². The van der Waals surface area contributed by atoms with E-state index in [-0.39, 0.29) is 5.56 Å². The van der Waals surface area contributed by atoms with Gasteiger partial charge in [-0.25, -0.2) is 4.79 Å². The molecule has 1 heterocycles. The molecule has 0 fully saturated rings. The average Bonchev–Trinajstić information content (AvgIpc) is 2.65. The Balaban J connectivity index is 2.64. The molecule has 0 atom stereocenters. The van der Waals surface area contributed by atoms with E-state index in [0.29, 0.717) is 5.69 Å². The van der Waals surface area contributed by atoms with Crippen LogP contribution in [-0.2, 0) is 4.79 Å². The Morgan fingerprint density at radius 2 is 1.70 bits per heavy atom. The molecular weight excluding hydrogens is 254 g/mol. The Bertz CT molecular complexity index is 711. The lowest BCUT2D eigenvalue weighted by Gasteiger charge is -2.13. The first kappa shape index (κ1) is 14.1. The summed E-state index contributed by atoms with van der Waals surface area (Å²) in [4.78, 5) is 22.6. The van der Waals surface area contributed by atoms with Gasteiger partial charge in [-0.3, -0.25) is 4.79 Å². The number of nitrogens with zero attached hydrogens (tertiary/aromatic N) is 1. The van der Waals surface area contributed by atoms with Crippen LogP contribution < -0.4 is 0 Å². The van der Waals surface area contributed by atoms with Crippen molar-refractivity contribution in [3.63, 3.8) is 0 Å². The maximum Gasteiger partial charge on any atom is 0.377 e. The van der Waals surface area contributed by atoms with Gasteiger partial charge in [0.1, 0.15) is 0 Å². The summed E-state index contributed by atoms with van der Waals surface area (Å²) in [5.74, 6) is -2.29. The molecule has 1 N–H and O–H groups in total. The molecule has 0 spiro atoms. The highest BCUT2D eigenvalue weighted by atomic mass is 16.4. The number of carbonyl (C=O) groups is 2. The zero-order valence-electron chi connectivity index (χ0n) is 12.0. The van der Waals surface area contributed by atoms with Gasteiger partial charge in [-0.15, -0.1) is 0 Å². The summed E-state index contributed by atoms with van der Waals surface area (Å²) in [5.41, 5.74) is 4.96. The molecule has 1 aromatic heterocycles. The molecular formula is C16H17NO3. The summed E-state index contributed by atoms with van der Waals surface area (Å²) in [6, 6.07) is 7.68. The number of aliphatic carboxylic acids is 1. The minimum atomic E-state index is -1.43. The molecule has 0 aliphatic carbocycles. The first-order chi connectivity index (χ1) is 9.32. The highest BCUT2D eigenvalue weighted by Gasteiger charge is 2.22. The maximum atomic E-state index is 11.7. The molecule has 0 bridgehead atoms. The van der Waals surface area contributed by atoms with Crippen molar-refractivity contribution in [3.05, 3.63) is 52.3 Å². The Morgan fingerprint density at radius 1 is 1.05 bits per heavy atom. The number of carboxylic acid groups (broad SMARTS) is 1. The van der Waals surface area contributed by atoms with Crippen LogP contribution in [0.15, 0.2) is 24.3 Å². The first-order valence-electron chi connectivity index (χ1n) is 6.37. The molecule has 104 valence electrons. The zero-order chi connectivity index (χ0) is 15.0. The number of rotatable bonds is 3. The minimum absolute atomic E-state index is 0.245. The van der Waals surface area contributed by atoms with Gasteiger partial charge in [-0.05, 0) is 45.4 Å². The molecule has 4 heteroatoms. The van der Waals surface area contributed by atoms with Crippen molar-refractivity contribution < 1.29 is 14.7 Å². The fraction of sp³-hybridized carbons (Fsp3) is 0.250. The molecule has 0 radical (unpaired) electrons. The molecule has 0 saturated heterocycles. The molecule has 1 aromatic carbocycles. The zero-order valence-corrected chi connectivity index (χ0v) is 12.0. The van der Waals surface area contributed by atoms with Gasteiger partial charge in [0.2, 0.25) is 0 Å². The van der Waals surface area contributed by atoms with Crippen LogP contribution in [0.1, 0.15) is 32.9 Å². The summed E-state index contributed by atoms with van der Waals surface area (Å²) in [6.45, 7) is 7.65. The van der Waals surface area contributed by atoms with E-state index < -0.39 is 11.8 Å². The van der Waals surface area contributed by atoms with Crippen molar-refractivity contribution in [2.75, 3.05) is 0 Å². The van der Waals surface area contributed by atoms with Gasteiger partial charge in [-0.2, -0.15) is 0 Å². The molecule has 0 aliphatic heterocycles. The van der Waals surface area contributed by atoms with Crippen LogP contribution in [-0.4, -0.2) is 21.4 Å². The third-order valence-electron chi connectivity index (χ3n) is 3.46. The Kier molecular flexibility index (Phi) is 3.49. The van der Waals surface area contributed by atoms with Crippen molar-refractivity contribution in [3.8, 4) is 5.69 Å². The molecule has 0 saturated carbocycles. The summed E-state index contributed by atoms with van der Waals surface area (Å²) in [5, 5.41) is 8.86. The van der Waals surface area contributed by atoms with Crippen LogP contribution in [0.2, 0.25) is 0 Å². The molecule has 4 nitrogen and oxygen atoms in total. The van der Waals surface area contributed by atoms with Crippen molar-refractivity contribution >= 4 is 11.8 Å². The molecule has 20 heavy (non-hydrogen) atoms. The van der Waals surface area contributed by atoms with Gasteiger partial charge in [0.15, 0.2) is 0 Å². The molecule has 0 unspecified atom stereocenters. The number of hydrogen-bond donors (Lipinski definition) is 1. The number of aromatic nitrogens is 1. The molecule has 0 amide bonds. The third-order valence-corrected chi connectivity index (χ3v) is 3.46. The quantitative estimate of drug-likeness (QED) is 0.689.